The maximum Gasteiger partial charge on any atom is 0.315 e. The van der Waals surface area contributed by atoms with Crippen LogP contribution in [0.3, 0.4) is 0 Å². The number of amides is 2. The second kappa shape index (κ2) is 7.31. The molecule has 0 radical (unpaired) electrons. The molecular formula is C18H19FN2O3. The van der Waals surface area contributed by atoms with Crippen molar-refractivity contribution in [3.63, 3.8) is 0 Å². The number of carbonyl (C=O) groups excluding carboxylic acids is 1. The van der Waals surface area contributed by atoms with Crippen molar-refractivity contribution in [1.82, 2.24) is 10.6 Å². The molecule has 0 aromatic heterocycles. The molecule has 6 heteroatoms. The summed E-state index contributed by atoms with van der Waals surface area (Å²) in [5.41, 5.74) is 2.62. The quantitative estimate of drug-likeness (QED) is 0.788. The number of hydrogen-bond donors (Lipinski definition) is 3. The Kier molecular flexibility index (Phi) is 4.96. The molecule has 3 rings (SSSR count). The van der Waals surface area contributed by atoms with Gasteiger partial charge in [-0.2, -0.15) is 0 Å². The number of aliphatic hydroxyl groups excluding tert-OH is 1. The van der Waals surface area contributed by atoms with Gasteiger partial charge in [-0.1, -0.05) is 18.2 Å². The molecule has 1 aliphatic rings. The molecule has 2 amide bonds. The summed E-state index contributed by atoms with van der Waals surface area (Å²) >= 11 is 0. The van der Waals surface area contributed by atoms with Crippen LogP contribution in [0.15, 0.2) is 42.5 Å². The van der Waals surface area contributed by atoms with Crippen LogP contribution in [0, 0.1) is 5.82 Å². The number of halogens is 1. The first kappa shape index (κ1) is 16.3. The first-order valence-corrected chi connectivity index (χ1v) is 7.81. The van der Waals surface area contributed by atoms with Crippen molar-refractivity contribution in [1.29, 1.82) is 0 Å². The van der Waals surface area contributed by atoms with Crippen LogP contribution < -0.4 is 15.4 Å². The van der Waals surface area contributed by atoms with Crippen LogP contribution in [0.4, 0.5) is 9.18 Å². The van der Waals surface area contributed by atoms with E-state index in [4.69, 9.17) is 4.74 Å². The number of hydrogen-bond acceptors (Lipinski definition) is 3. The molecular weight excluding hydrogens is 311 g/mol. The third-order valence-corrected chi connectivity index (χ3v) is 3.92. The van der Waals surface area contributed by atoms with E-state index in [1.54, 1.807) is 18.2 Å². The first-order valence-electron chi connectivity index (χ1n) is 7.81. The summed E-state index contributed by atoms with van der Waals surface area (Å²) in [6, 6.07) is 11.1. The molecule has 3 N–H and O–H groups in total. The van der Waals surface area contributed by atoms with Crippen LogP contribution in [-0.2, 0) is 13.0 Å². The number of carbonyl (C=O) groups is 1. The van der Waals surface area contributed by atoms with Gasteiger partial charge in [0, 0.05) is 19.5 Å². The number of urea groups is 1. The van der Waals surface area contributed by atoms with Crippen LogP contribution in [0.5, 0.6) is 5.75 Å². The number of fused-ring (bicyclic) bond motifs is 1. The Balaban J connectivity index is 1.46. The molecule has 0 saturated heterocycles. The zero-order chi connectivity index (χ0) is 16.9. The van der Waals surface area contributed by atoms with Crippen molar-refractivity contribution in [2.75, 3.05) is 13.2 Å². The Bertz CT molecular complexity index is 719. The Morgan fingerprint density at radius 3 is 2.79 bits per heavy atom. The Morgan fingerprint density at radius 2 is 2.00 bits per heavy atom. The summed E-state index contributed by atoms with van der Waals surface area (Å²) in [7, 11) is 0. The average molecular weight is 330 g/mol. The fraction of sp³-hybridized carbons (Fsp3) is 0.278. The second-order valence-electron chi connectivity index (χ2n) is 5.67. The summed E-state index contributed by atoms with van der Waals surface area (Å²) < 4.78 is 18.2. The highest BCUT2D eigenvalue weighted by Crippen LogP contribution is 2.27. The minimum absolute atomic E-state index is 0.106. The Labute approximate surface area is 139 Å². The van der Waals surface area contributed by atoms with Gasteiger partial charge in [0.1, 0.15) is 11.6 Å². The molecule has 0 saturated carbocycles. The molecule has 0 bridgehead atoms. The summed E-state index contributed by atoms with van der Waals surface area (Å²) in [5.74, 6) is 0.544. The number of nitrogens with one attached hydrogen (secondary N) is 2. The van der Waals surface area contributed by atoms with Gasteiger partial charge >= 0.3 is 6.03 Å². The molecule has 0 unspecified atom stereocenters. The zero-order valence-corrected chi connectivity index (χ0v) is 13.1. The van der Waals surface area contributed by atoms with E-state index >= 15 is 0 Å². The smallest absolute Gasteiger partial charge is 0.315 e. The van der Waals surface area contributed by atoms with Gasteiger partial charge in [0.05, 0.1) is 12.7 Å². The number of benzene rings is 2. The lowest BCUT2D eigenvalue weighted by atomic mass is 10.0. The van der Waals surface area contributed by atoms with Crippen molar-refractivity contribution < 1.29 is 19.0 Å². The summed E-state index contributed by atoms with van der Waals surface area (Å²) in [6.07, 6.45) is 0.0501. The third-order valence-electron chi connectivity index (χ3n) is 3.92. The maximum absolute atomic E-state index is 12.8. The van der Waals surface area contributed by atoms with E-state index in [9.17, 15) is 14.3 Å². The highest BCUT2D eigenvalue weighted by molar-refractivity contribution is 5.73. The molecule has 126 valence electrons. The Hall–Kier alpha value is -2.60. The lowest BCUT2D eigenvalue weighted by Crippen LogP contribution is -2.37. The molecule has 5 nitrogen and oxygen atoms in total. The Morgan fingerprint density at radius 1 is 1.21 bits per heavy atom. The van der Waals surface area contributed by atoms with Crippen LogP contribution in [0.2, 0.25) is 0 Å². The molecule has 0 aliphatic carbocycles. The summed E-state index contributed by atoms with van der Waals surface area (Å²) in [6.45, 7) is 1.06. The monoisotopic (exact) mass is 330 g/mol. The topological polar surface area (TPSA) is 70.6 Å². The van der Waals surface area contributed by atoms with Gasteiger partial charge in [-0.15, -0.1) is 0 Å². The van der Waals surface area contributed by atoms with E-state index in [0.717, 1.165) is 28.9 Å². The highest BCUT2D eigenvalue weighted by Gasteiger charge is 2.16. The van der Waals surface area contributed by atoms with Crippen LogP contribution in [0.25, 0.3) is 0 Å². The molecule has 24 heavy (non-hydrogen) atoms. The number of ether oxygens (including phenoxy) is 1. The number of aliphatic hydroxyl groups is 1. The predicted molar refractivity (Wildman–Crippen MR) is 87.2 cm³/mol. The van der Waals surface area contributed by atoms with E-state index in [1.165, 1.54) is 12.1 Å². The first-order chi connectivity index (χ1) is 11.6. The van der Waals surface area contributed by atoms with Crippen LogP contribution in [0.1, 0.15) is 22.8 Å². The largest absolute Gasteiger partial charge is 0.493 e. The zero-order valence-electron chi connectivity index (χ0n) is 13.1. The van der Waals surface area contributed by atoms with Gasteiger partial charge in [-0.25, -0.2) is 9.18 Å². The van der Waals surface area contributed by atoms with Crippen molar-refractivity contribution in [2.24, 2.45) is 0 Å². The van der Waals surface area contributed by atoms with Gasteiger partial charge in [0.25, 0.3) is 0 Å². The fourth-order valence-corrected chi connectivity index (χ4v) is 2.57. The minimum Gasteiger partial charge on any atom is -0.493 e. The third kappa shape index (κ3) is 4.02. The SMILES string of the molecule is O=C(NCc1ccc(F)cc1)NC[C@@H](O)c1ccc2c(c1)CCO2. The van der Waals surface area contributed by atoms with E-state index in [1.807, 2.05) is 12.1 Å². The standard InChI is InChI=1S/C18H19FN2O3/c19-15-4-1-12(2-5-15)10-20-18(23)21-11-16(22)13-3-6-17-14(9-13)7-8-24-17/h1-6,9,16,22H,7-8,10-11H2,(H2,20,21,23)/t16-/m1/s1. The summed E-state index contributed by atoms with van der Waals surface area (Å²) in [5, 5.41) is 15.5. The highest BCUT2D eigenvalue weighted by atomic mass is 19.1. The average Bonchev–Trinajstić information content (AvgIpc) is 3.06. The lowest BCUT2D eigenvalue weighted by molar-refractivity contribution is 0.173. The lowest BCUT2D eigenvalue weighted by Gasteiger charge is -2.14. The summed E-state index contributed by atoms with van der Waals surface area (Å²) in [4.78, 5) is 11.8. The van der Waals surface area contributed by atoms with Crippen molar-refractivity contribution >= 4 is 6.03 Å². The van der Waals surface area contributed by atoms with Crippen LogP contribution >= 0.6 is 0 Å². The molecule has 2 aromatic rings. The second-order valence-corrected chi connectivity index (χ2v) is 5.67. The van der Waals surface area contributed by atoms with E-state index in [-0.39, 0.29) is 18.4 Å². The van der Waals surface area contributed by atoms with E-state index < -0.39 is 6.10 Å². The molecule has 1 aliphatic heterocycles. The molecule has 2 aromatic carbocycles. The minimum atomic E-state index is -0.785. The maximum atomic E-state index is 12.8. The molecule has 1 heterocycles. The predicted octanol–water partition coefficient (Wildman–Crippen LogP) is 2.29. The van der Waals surface area contributed by atoms with E-state index in [0.29, 0.717) is 13.2 Å². The van der Waals surface area contributed by atoms with Gasteiger partial charge in [0.2, 0.25) is 0 Å². The van der Waals surface area contributed by atoms with Gasteiger partial charge in [0.15, 0.2) is 0 Å². The van der Waals surface area contributed by atoms with Gasteiger partial charge in [-0.3, -0.25) is 0 Å². The normalized spacial score (nSPS) is 13.8. The fourth-order valence-electron chi connectivity index (χ4n) is 2.57. The van der Waals surface area contributed by atoms with Crippen molar-refractivity contribution in [2.45, 2.75) is 19.1 Å². The molecule has 0 fully saturated rings. The van der Waals surface area contributed by atoms with Crippen molar-refractivity contribution in [3.8, 4) is 5.75 Å². The van der Waals surface area contributed by atoms with Gasteiger partial charge in [-0.05, 0) is 41.0 Å². The van der Waals surface area contributed by atoms with Crippen LogP contribution in [-0.4, -0.2) is 24.3 Å². The number of rotatable bonds is 5. The molecule has 1 atom stereocenters. The van der Waals surface area contributed by atoms with E-state index in [2.05, 4.69) is 10.6 Å². The van der Waals surface area contributed by atoms with Gasteiger partial charge < -0.3 is 20.5 Å². The van der Waals surface area contributed by atoms with Crippen molar-refractivity contribution in [3.05, 3.63) is 65.0 Å². The molecule has 0 spiro atoms.